The molecule has 3 rings (SSSR count). The quantitative estimate of drug-likeness (QED) is 0.771. The van der Waals surface area contributed by atoms with Gasteiger partial charge in [0.2, 0.25) is 5.91 Å². The van der Waals surface area contributed by atoms with Crippen molar-refractivity contribution in [3.8, 4) is 5.75 Å². The number of rotatable bonds is 7. The van der Waals surface area contributed by atoms with Crippen molar-refractivity contribution in [2.45, 2.75) is 44.9 Å². The summed E-state index contributed by atoms with van der Waals surface area (Å²) in [5.74, 6) is 0.636. The van der Waals surface area contributed by atoms with E-state index in [0.717, 1.165) is 11.3 Å². The molecule has 0 bridgehead atoms. The summed E-state index contributed by atoms with van der Waals surface area (Å²) < 4.78 is 6.82. The number of carbonyl (C=O) groups is 1. The predicted molar refractivity (Wildman–Crippen MR) is 100 cm³/mol. The van der Waals surface area contributed by atoms with Crippen molar-refractivity contribution < 1.29 is 14.6 Å². The van der Waals surface area contributed by atoms with E-state index in [0.29, 0.717) is 25.1 Å². The molecule has 2 aromatic heterocycles. The van der Waals surface area contributed by atoms with Gasteiger partial charge in [-0.25, -0.2) is 0 Å². The van der Waals surface area contributed by atoms with E-state index in [9.17, 15) is 14.7 Å². The first-order valence-corrected chi connectivity index (χ1v) is 9.10. The second-order valence-corrected chi connectivity index (χ2v) is 7.00. The number of pyridine rings is 2. The molecule has 7 nitrogen and oxygen atoms in total. The third-order valence-corrected chi connectivity index (χ3v) is 5.10. The van der Waals surface area contributed by atoms with Gasteiger partial charge in [0.25, 0.3) is 5.56 Å². The van der Waals surface area contributed by atoms with Crippen LogP contribution in [0.3, 0.4) is 0 Å². The molecular formula is C20H25N3O4. The Hall–Kier alpha value is -2.67. The summed E-state index contributed by atoms with van der Waals surface area (Å²) in [7, 11) is 1.57. The molecule has 0 spiro atoms. The summed E-state index contributed by atoms with van der Waals surface area (Å²) in [5, 5.41) is 12.7. The lowest BCUT2D eigenvalue weighted by Crippen LogP contribution is -2.41. The van der Waals surface area contributed by atoms with Crippen LogP contribution in [-0.2, 0) is 11.3 Å². The first kappa shape index (κ1) is 19.1. The van der Waals surface area contributed by atoms with Crippen molar-refractivity contribution in [1.29, 1.82) is 0 Å². The average Bonchev–Trinajstić information content (AvgIpc) is 2.63. The Balaban J connectivity index is 1.70. The molecule has 2 aromatic rings. The number of methoxy groups -OCH3 is 1. The molecule has 0 saturated heterocycles. The number of nitrogens with zero attached hydrogens (tertiary/aromatic N) is 2. The number of nitrogens with one attached hydrogen (secondary N) is 1. The highest BCUT2D eigenvalue weighted by molar-refractivity contribution is 5.76. The predicted octanol–water partition coefficient (Wildman–Crippen LogP) is 1.58. The van der Waals surface area contributed by atoms with Crippen LogP contribution < -0.4 is 15.6 Å². The highest BCUT2D eigenvalue weighted by atomic mass is 16.5. The molecule has 1 amide bonds. The monoisotopic (exact) mass is 371 g/mol. The third-order valence-electron chi connectivity index (χ3n) is 5.10. The van der Waals surface area contributed by atoms with Crippen LogP contribution >= 0.6 is 0 Å². The number of hydrogen-bond acceptors (Lipinski definition) is 5. The fourth-order valence-corrected chi connectivity index (χ4v) is 3.46. The van der Waals surface area contributed by atoms with E-state index < -0.39 is 0 Å². The van der Waals surface area contributed by atoms with Crippen molar-refractivity contribution in [2.75, 3.05) is 7.11 Å². The largest absolute Gasteiger partial charge is 0.495 e. The van der Waals surface area contributed by atoms with Crippen LogP contribution in [0, 0.1) is 12.8 Å². The van der Waals surface area contributed by atoms with E-state index in [1.165, 1.54) is 6.07 Å². The van der Waals surface area contributed by atoms with Crippen LogP contribution in [0.4, 0.5) is 0 Å². The average molecular weight is 371 g/mol. The number of hydrogen-bond donors (Lipinski definition) is 2. The number of aliphatic hydroxyl groups excluding tert-OH is 1. The Bertz CT molecular complexity index is 858. The molecular weight excluding hydrogens is 346 g/mol. The first-order chi connectivity index (χ1) is 13.0. The van der Waals surface area contributed by atoms with Crippen LogP contribution in [-0.4, -0.2) is 33.8 Å². The number of amides is 1. The van der Waals surface area contributed by atoms with Gasteiger partial charge in [0.15, 0.2) is 0 Å². The zero-order chi connectivity index (χ0) is 19.4. The molecule has 1 aliphatic carbocycles. The molecule has 144 valence electrons. The summed E-state index contributed by atoms with van der Waals surface area (Å²) in [6.07, 6.45) is 4.48. The van der Waals surface area contributed by atoms with Gasteiger partial charge >= 0.3 is 0 Å². The molecule has 2 heterocycles. The van der Waals surface area contributed by atoms with Gasteiger partial charge in [-0.1, -0.05) is 6.07 Å². The lowest BCUT2D eigenvalue weighted by atomic mass is 9.75. The first-order valence-electron chi connectivity index (χ1n) is 9.10. The van der Waals surface area contributed by atoms with E-state index in [2.05, 4.69) is 10.3 Å². The molecule has 1 unspecified atom stereocenters. The highest BCUT2D eigenvalue weighted by Crippen LogP contribution is 2.38. The molecule has 0 radical (unpaired) electrons. The lowest BCUT2D eigenvalue weighted by molar-refractivity contribution is -0.123. The van der Waals surface area contributed by atoms with Gasteiger partial charge in [0, 0.05) is 30.9 Å². The molecule has 27 heavy (non-hydrogen) atoms. The molecule has 1 atom stereocenters. The fourth-order valence-electron chi connectivity index (χ4n) is 3.46. The smallest absolute Gasteiger partial charge is 0.250 e. The maximum absolute atomic E-state index is 12.6. The van der Waals surface area contributed by atoms with Crippen LogP contribution in [0.5, 0.6) is 5.75 Å². The van der Waals surface area contributed by atoms with Gasteiger partial charge in [-0.2, -0.15) is 0 Å². The van der Waals surface area contributed by atoms with Gasteiger partial charge < -0.3 is 19.7 Å². The van der Waals surface area contributed by atoms with Crippen molar-refractivity contribution >= 4 is 5.91 Å². The molecule has 1 aliphatic rings. The van der Waals surface area contributed by atoms with Gasteiger partial charge in [-0.3, -0.25) is 14.6 Å². The highest BCUT2D eigenvalue weighted by Gasteiger charge is 2.36. The Labute approximate surface area is 158 Å². The zero-order valence-electron chi connectivity index (χ0n) is 15.6. The molecule has 1 saturated carbocycles. The van der Waals surface area contributed by atoms with Crippen molar-refractivity contribution in [1.82, 2.24) is 14.9 Å². The maximum atomic E-state index is 12.6. The van der Waals surface area contributed by atoms with Crippen molar-refractivity contribution in [2.24, 2.45) is 5.92 Å². The summed E-state index contributed by atoms with van der Waals surface area (Å²) in [6.45, 7) is 2.17. The van der Waals surface area contributed by atoms with Crippen LogP contribution in [0.1, 0.15) is 36.6 Å². The van der Waals surface area contributed by atoms with Gasteiger partial charge in [-0.15, -0.1) is 0 Å². The maximum Gasteiger partial charge on any atom is 0.250 e. The minimum Gasteiger partial charge on any atom is -0.495 e. The number of aryl methyl sites for hydroxylation is 1. The van der Waals surface area contributed by atoms with E-state index in [1.54, 1.807) is 30.1 Å². The second kappa shape index (κ2) is 8.35. The normalized spacial score (nSPS) is 19.8. The summed E-state index contributed by atoms with van der Waals surface area (Å²) in [5.41, 5.74) is 1.57. The number of ether oxygens (including phenoxy) is 1. The number of carbonyl (C=O) groups excluding carboxylic acids is 1. The van der Waals surface area contributed by atoms with Gasteiger partial charge in [0.05, 0.1) is 25.5 Å². The summed E-state index contributed by atoms with van der Waals surface area (Å²) >= 11 is 0. The van der Waals surface area contributed by atoms with Gasteiger partial charge in [0.1, 0.15) is 5.75 Å². The Kier molecular flexibility index (Phi) is 5.91. The Morgan fingerprint density at radius 3 is 2.85 bits per heavy atom. The van der Waals surface area contributed by atoms with E-state index >= 15 is 0 Å². The van der Waals surface area contributed by atoms with Crippen LogP contribution in [0.2, 0.25) is 0 Å². The fraction of sp³-hybridized carbons (Fsp3) is 0.450. The van der Waals surface area contributed by atoms with Crippen LogP contribution in [0.15, 0.2) is 41.5 Å². The summed E-state index contributed by atoms with van der Waals surface area (Å²) in [6, 6.07) is 6.67. The van der Waals surface area contributed by atoms with Crippen LogP contribution in [0.25, 0.3) is 0 Å². The third kappa shape index (κ3) is 4.54. The molecule has 0 aliphatic heterocycles. The minimum absolute atomic E-state index is 0.113. The van der Waals surface area contributed by atoms with E-state index in [-0.39, 0.29) is 36.0 Å². The molecule has 0 aromatic carbocycles. The minimum atomic E-state index is -0.321. The van der Waals surface area contributed by atoms with Crippen molar-refractivity contribution in [3.63, 3.8) is 0 Å². The van der Waals surface area contributed by atoms with E-state index in [4.69, 9.17) is 4.74 Å². The SMILES string of the molecule is COc1cncc(C(NC(=O)CCn2c(C)cccc2=O)C2CC(O)C2)c1. The lowest BCUT2D eigenvalue weighted by Gasteiger charge is -2.38. The summed E-state index contributed by atoms with van der Waals surface area (Å²) in [4.78, 5) is 28.7. The topological polar surface area (TPSA) is 93.5 Å². The standard InChI is InChI=1S/C20H25N3O4/c1-13-4-3-5-19(26)23(13)7-6-18(25)22-20(14-8-16(24)9-14)15-10-17(27-2)12-21-11-15/h3-5,10-12,14,16,20,24H,6-9H2,1-2H3,(H,22,25). The zero-order valence-corrected chi connectivity index (χ0v) is 15.6. The number of aliphatic hydroxyl groups is 1. The Morgan fingerprint density at radius 2 is 2.19 bits per heavy atom. The second-order valence-electron chi connectivity index (χ2n) is 7.00. The molecule has 1 fully saturated rings. The van der Waals surface area contributed by atoms with Gasteiger partial charge in [-0.05, 0) is 43.4 Å². The van der Waals surface area contributed by atoms with E-state index in [1.807, 2.05) is 19.1 Å². The Morgan fingerprint density at radius 1 is 1.41 bits per heavy atom. The molecule has 2 N–H and O–H groups in total. The molecule has 7 heteroatoms. The van der Waals surface area contributed by atoms with Crippen molar-refractivity contribution in [3.05, 3.63) is 58.3 Å². The number of aromatic nitrogens is 2.